The number of thioether (sulfide) groups is 2. The van der Waals surface area contributed by atoms with Gasteiger partial charge in [0.1, 0.15) is 31.8 Å². The number of esters is 5. The van der Waals surface area contributed by atoms with Crippen LogP contribution in [0.3, 0.4) is 0 Å². The molecule has 0 aromatic carbocycles. The van der Waals surface area contributed by atoms with Crippen LogP contribution in [0.5, 0.6) is 0 Å². The molecule has 1 aromatic rings. The largest absolute Gasteiger partial charge is 1.00 e. The number of nitrogens with two attached hydrogens (primary N) is 1. The third kappa shape index (κ3) is 19.5. The van der Waals surface area contributed by atoms with Crippen LogP contribution in [0.1, 0.15) is 68.0 Å². The van der Waals surface area contributed by atoms with Crippen LogP contribution >= 0.6 is 48.0 Å². The van der Waals surface area contributed by atoms with E-state index in [2.05, 4.69) is 27.4 Å². The molecule has 0 aliphatic carbocycles. The van der Waals surface area contributed by atoms with Gasteiger partial charge in [-0.25, -0.2) is 9.56 Å². The number of aliphatic imine (C=N–C) groups is 1. The van der Waals surface area contributed by atoms with E-state index in [1.807, 2.05) is 64.2 Å². The van der Waals surface area contributed by atoms with Crippen molar-refractivity contribution >= 4 is 89.2 Å². The summed E-state index contributed by atoms with van der Waals surface area (Å²) in [6, 6.07) is 1.74. The SMILES string of the molecule is CC(=O)OCC1O[C@H](N=C=S)C(OC(C)=O)[C@@H](C)[C@@H]1C.CCC1O[C@H](n2ccc(SC)nc2=S)C(OC(C)=O)[C@H](OC(C)=O)[C@@H]1OC(C)=O.CSC(N)=CC=[N+](C)C.[I-]. The zero-order chi connectivity index (χ0) is 44.3. The van der Waals surface area contributed by atoms with Crippen molar-refractivity contribution in [3.63, 3.8) is 0 Å². The van der Waals surface area contributed by atoms with Gasteiger partial charge >= 0.3 is 29.8 Å². The Morgan fingerprint density at radius 3 is 1.90 bits per heavy atom. The summed E-state index contributed by atoms with van der Waals surface area (Å²) in [5, 5.41) is 3.80. The number of aromatic nitrogens is 2. The van der Waals surface area contributed by atoms with Gasteiger partial charge in [0.25, 0.3) is 0 Å². The Bertz CT molecular complexity index is 1740. The molecule has 22 heteroatoms. The predicted molar refractivity (Wildman–Crippen MR) is 224 cm³/mol. The average Bonchev–Trinajstić information content (AvgIpc) is 3.14. The zero-order valence-electron chi connectivity index (χ0n) is 35.3. The number of allylic oxidation sites excluding steroid dienone is 1. The van der Waals surface area contributed by atoms with Gasteiger partial charge in [-0.1, -0.05) is 20.8 Å². The van der Waals surface area contributed by atoms with Crippen molar-refractivity contribution in [2.24, 2.45) is 22.6 Å². The highest BCUT2D eigenvalue weighted by atomic mass is 127. The average molecular weight is 1020 g/mol. The van der Waals surface area contributed by atoms with Crippen molar-refractivity contribution in [3.8, 4) is 0 Å². The molecule has 59 heavy (non-hydrogen) atoms. The highest BCUT2D eigenvalue weighted by Crippen LogP contribution is 2.36. The minimum absolute atomic E-state index is 0. The quantitative estimate of drug-likeness (QED) is 0.0460. The molecule has 3 heterocycles. The molecule has 10 atom stereocenters. The predicted octanol–water partition coefficient (Wildman–Crippen LogP) is 1.51. The van der Waals surface area contributed by atoms with Gasteiger partial charge < -0.3 is 62.9 Å². The van der Waals surface area contributed by atoms with E-state index in [0.717, 1.165) is 5.03 Å². The van der Waals surface area contributed by atoms with Gasteiger partial charge in [0.05, 0.1) is 16.3 Å². The topological polar surface area (TPSA) is 209 Å². The molecule has 17 nitrogen and oxygen atoms in total. The van der Waals surface area contributed by atoms with Gasteiger partial charge in [-0.05, 0) is 55.4 Å². The van der Waals surface area contributed by atoms with E-state index in [-0.39, 0.29) is 59.3 Å². The Labute approximate surface area is 381 Å². The lowest BCUT2D eigenvalue weighted by atomic mass is 9.83. The molecule has 2 aliphatic heterocycles. The summed E-state index contributed by atoms with van der Waals surface area (Å²) in [4.78, 5) is 65.5. The first-order valence-electron chi connectivity index (χ1n) is 18.0. The summed E-state index contributed by atoms with van der Waals surface area (Å²) in [5.41, 5.74) is 5.49. The molecule has 2 fully saturated rings. The number of carbonyl (C=O) groups is 5. The summed E-state index contributed by atoms with van der Waals surface area (Å²) in [6.45, 7) is 12.2. The van der Waals surface area contributed by atoms with Gasteiger partial charge in [0.15, 0.2) is 43.1 Å². The fourth-order valence-corrected chi connectivity index (χ4v) is 6.60. The van der Waals surface area contributed by atoms with Gasteiger partial charge in [0, 0.05) is 52.8 Å². The van der Waals surface area contributed by atoms with Crippen molar-refractivity contribution in [2.45, 2.75) is 116 Å². The molecule has 2 saturated heterocycles. The normalized spacial score (nSPS) is 25.9. The second-order valence-corrected chi connectivity index (χ2v) is 15.4. The van der Waals surface area contributed by atoms with Crippen molar-refractivity contribution in [2.75, 3.05) is 33.2 Å². The zero-order valence-corrected chi connectivity index (χ0v) is 40.7. The number of nitrogens with zero attached hydrogens (tertiary/aromatic N) is 4. The van der Waals surface area contributed by atoms with E-state index in [9.17, 15) is 24.0 Å². The number of thiocarbonyl (C=S) groups is 1. The maximum absolute atomic E-state index is 11.8. The first kappa shape index (κ1) is 56.0. The first-order chi connectivity index (χ1) is 27.2. The highest BCUT2D eigenvalue weighted by Gasteiger charge is 2.52. The lowest BCUT2D eigenvalue weighted by molar-refractivity contribution is -0.458. The number of ether oxygens (including phenoxy) is 7. The van der Waals surface area contributed by atoms with Crippen molar-refractivity contribution in [3.05, 3.63) is 28.1 Å². The summed E-state index contributed by atoms with van der Waals surface area (Å²) < 4.78 is 42.1. The second kappa shape index (κ2) is 28.5. The molecule has 0 spiro atoms. The third-order valence-corrected chi connectivity index (χ3v) is 10.1. The van der Waals surface area contributed by atoms with Crippen LogP contribution in [0.2, 0.25) is 0 Å². The molecule has 2 aliphatic rings. The molecule has 0 saturated carbocycles. The molecular formula is C37H56IN5O12S4. The number of rotatable bonds is 12. The lowest BCUT2D eigenvalue weighted by Crippen LogP contribution is -3.00. The molecule has 0 bridgehead atoms. The second-order valence-electron chi connectivity index (χ2n) is 13.1. The van der Waals surface area contributed by atoms with Crippen molar-refractivity contribution in [1.29, 1.82) is 0 Å². The standard InChI is InChI=1S/C18H24N2O7S2.C13H19NO5S.C6H12N2S.HI/c1-6-12-14(24-9(2)21)15(25-10(3)22)16(26-11(4)23)17(27-12)20-8-7-13(29-5)19-18(20)28;1-7-8(2)12(18-10(4)16)13(14-6-20)19-11(7)5-17-9(3)15;1-8(2)5-4-6(7)9-3;/h7-8,12,14-17H,6H2,1-5H3;7-8,11-13H,5H2,1-4H3;4-5,7H,1-3H3;1H/t12?,14-,15-,16?,17+;7-,8-,11?,12?,13-;;/m10../s1. The van der Waals surface area contributed by atoms with E-state index in [0.29, 0.717) is 11.4 Å². The minimum atomic E-state index is -1.10. The number of carbonyl (C=O) groups excluding carboxylic acids is 5. The molecular weight excluding hydrogens is 962 g/mol. The van der Waals surface area contributed by atoms with Crippen LogP contribution in [0.15, 0.2) is 33.4 Å². The molecule has 4 unspecified atom stereocenters. The fraction of sp³-hybridized carbons (Fsp3) is 0.649. The summed E-state index contributed by atoms with van der Waals surface area (Å²) in [5.74, 6) is -2.54. The molecule has 332 valence electrons. The Kier molecular flexibility index (Phi) is 27.1. The Balaban J connectivity index is 0.000000970. The van der Waals surface area contributed by atoms with Crippen LogP contribution in [0, 0.1) is 16.6 Å². The van der Waals surface area contributed by atoms with E-state index in [1.165, 1.54) is 50.9 Å². The molecule has 1 aromatic heterocycles. The van der Waals surface area contributed by atoms with Crippen molar-refractivity contribution < 1.29 is 85.7 Å². The van der Waals surface area contributed by atoms with Gasteiger partial charge in [-0.3, -0.25) is 28.5 Å². The number of isothiocyanates is 1. The van der Waals surface area contributed by atoms with Crippen LogP contribution in [-0.4, -0.2) is 131 Å². The molecule has 0 amide bonds. The van der Waals surface area contributed by atoms with E-state index in [1.54, 1.807) is 24.0 Å². The highest BCUT2D eigenvalue weighted by molar-refractivity contribution is 8.02. The monoisotopic (exact) mass is 1020 g/mol. The lowest BCUT2D eigenvalue weighted by Gasteiger charge is -2.45. The third-order valence-electron chi connectivity index (χ3n) is 8.44. The molecule has 0 radical (unpaired) electrons. The van der Waals surface area contributed by atoms with Gasteiger partial charge in [-0.15, -0.1) is 23.5 Å². The Morgan fingerprint density at radius 1 is 0.898 bits per heavy atom. The van der Waals surface area contributed by atoms with Crippen molar-refractivity contribution in [1.82, 2.24) is 9.55 Å². The van der Waals surface area contributed by atoms with E-state index in [4.69, 9.17) is 51.1 Å². The summed E-state index contributed by atoms with van der Waals surface area (Å²) in [6.07, 6.45) is 3.51. The number of halogens is 1. The Hall–Kier alpha value is -2.99. The van der Waals surface area contributed by atoms with Gasteiger partial charge in [0.2, 0.25) is 4.77 Å². The van der Waals surface area contributed by atoms with Crippen LogP contribution in [0.4, 0.5) is 0 Å². The maximum atomic E-state index is 11.8. The smallest absolute Gasteiger partial charge is 0.303 e. The maximum Gasteiger partial charge on any atom is 0.303 e. The van der Waals surface area contributed by atoms with E-state index < -0.39 is 66.9 Å². The summed E-state index contributed by atoms with van der Waals surface area (Å²) >= 11 is 12.9. The number of hydrogen-bond donors (Lipinski definition) is 1. The van der Waals surface area contributed by atoms with Crippen LogP contribution in [-0.2, 0) is 57.1 Å². The molecule has 2 N–H and O–H groups in total. The summed E-state index contributed by atoms with van der Waals surface area (Å²) in [7, 11) is 3.92. The Morgan fingerprint density at radius 2 is 1.44 bits per heavy atom. The van der Waals surface area contributed by atoms with Crippen LogP contribution < -0.4 is 29.7 Å². The number of hydrogen-bond acceptors (Lipinski definition) is 19. The molecule has 3 rings (SSSR count). The van der Waals surface area contributed by atoms with Gasteiger partial charge in [-0.2, -0.15) is 4.99 Å². The van der Waals surface area contributed by atoms with E-state index >= 15 is 0 Å². The van der Waals surface area contributed by atoms with Crippen LogP contribution in [0.25, 0.3) is 0 Å². The fourth-order valence-electron chi connectivity index (χ4n) is 5.60. The first-order valence-corrected chi connectivity index (χ1v) is 21.3. The minimum Gasteiger partial charge on any atom is -1.00 e.